The van der Waals surface area contributed by atoms with E-state index in [2.05, 4.69) is 50.7 Å². The van der Waals surface area contributed by atoms with Crippen LogP contribution < -0.4 is 5.32 Å². The maximum absolute atomic E-state index is 6.31. The third-order valence-electron chi connectivity index (χ3n) is 5.33. The van der Waals surface area contributed by atoms with Gasteiger partial charge in [0, 0.05) is 32.1 Å². The predicted molar refractivity (Wildman–Crippen MR) is 105 cm³/mol. The number of anilines is 1. The van der Waals surface area contributed by atoms with Crippen LogP contribution in [0.15, 0.2) is 42.5 Å². The highest BCUT2D eigenvalue weighted by molar-refractivity contribution is 5.32. The second kappa shape index (κ2) is 8.33. The van der Waals surface area contributed by atoms with Crippen molar-refractivity contribution >= 4 is 5.82 Å². The minimum Gasteiger partial charge on any atom is -0.377 e. The van der Waals surface area contributed by atoms with Gasteiger partial charge in [-0.1, -0.05) is 30.3 Å². The summed E-state index contributed by atoms with van der Waals surface area (Å²) >= 11 is 0. The molecule has 0 bridgehead atoms. The molecule has 0 radical (unpaired) electrons. The molecule has 4 rings (SSSR count). The average molecular weight is 368 g/mol. The van der Waals surface area contributed by atoms with Crippen LogP contribution in [-0.2, 0) is 16.0 Å². The van der Waals surface area contributed by atoms with E-state index in [9.17, 15) is 0 Å². The lowest BCUT2D eigenvalue weighted by Crippen LogP contribution is -2.43. The van der Waals surface area contributed by atoms with Crippen LogP contribution in [0.25, 0.3) is 0 Å². The second-order valence-corrected chi connectivity index (χ2v) is 7.75. The minimum atomic E-state index is -0.198. The predicted octanol–water partition coefficient (Wildman–Crippen LogP) is 2.50. The van der Waals surface area contributed by atoms with Crippen LogP contribution in [0.5, 0.6) is 0 Å². The molecule has 0 amide bonds. The first-order valence-electron chi connectivity index (χ1n) is 9.73. The zero-order valence-corrected chi connectivity index (χ0v) is 15.9. The van der Waals surface area contributed by atoms with Crippen LogP contribution >= 0.6 is 0 Å². The summed E-state index contributed by atoms with van der Waals surface area (Å²) in [5.74, 6) is 1.28. The Balaban J connectivity index is 1.34. The van der Waals surface area contributed by atoms with Crippen molar-refractivity contribution in [2.75, 3.05) is 44.8 Å². The Bertz CT molecular complexity index is 725. The molecule has 2 aromatic rings. The highest BCUT2D eigenvalue weighted by atomic mass is 16.5. The van der Waals surface area contributed by atoms with Gasteiger partial charge in [-0.2, -0.15) is 5.10 Å². The summed E-state index contributed by atoms with van der Waals surface area (Å²) in [6.07, 6.45) is 1.00. The Morgan fingerprint density at radius 3 is 2.89 bits per heavy atom. The fraction of sp³-hybridized carbons (Fsp3) is 0.524. The lowest BCUT2D eigenvalue weighted by atomic mass is 9.94. The third kappa shape index (κ3) is 4.83. The van der Waals surface area contributed by atoms with Gasteiger partial charge in [-0.25, -0.2) is 0 Å². The molecule has 0 aliphatic carbocycles. The van der Waals surface area contributed by atoms with Crippen LogP contribution in [0.1, 0.15) is 17.7 Å². The summed E-state index contributed by atoms with van der Waals surface area (Å²) in [6, 6.07) is 14.6. The largest absolute Gasteiger partial charge is 0.377 e. The topological polar surface area (TPSA) is 59.5 Å². The molecule has 1 aromatic heterocycles. The molecular weight excluding hydrogens is 340 g/mol. The van der Waals surface area contributed by atoms with Crippen molar-refractivity contribution in [1.82, 2.24) is 15.1 Å². The van der Waals surface area contributed by atoms with E-state index in [1.165, 1.54) is 5.56 Å². The number of nitrogens with zero attached hydrogens (tertiary/aromatic N) is 3. The molecule has 2 atom stereocenters. The van der Waals surface area contributed by atoms with E-state index in [0.717, 1.165) is 57.3 Å². The van der Waals surface area contributed by atoms with Crippen molar-refractivity contribution in [2.24, 2.45) is 5.92 Å². The van der Waals surface area contributed by atoms with Crippen molar-refractivity contribution < 1.29 is 9.47 Å². The Morgan fingerprint density at radius 1 is 1.19 bits per heavy atom. The summed E-state index contributed by atoms with van der Waals surface area (Å²) < 4.78 is 12.2. The molecule has 2 aliphatic rings. The lowest BCUT2D eigenvalue weighted by molar-refractivity contribution is -0.0562. The first kappa shape index (κ1) is 18.3. The van der Waals surface area contributed by atoms with E-state index in [1.54, 1.807) is 0 Å². The molecule has 0 saturated carbocycles. The number of benzene rings is 1. The van der Waals surface area contributed by atoms with Gasteiger partial charge in [-0.3, -0.25) is 4.90 Å². The highest BCUT2D eigenvalue weighted by Gasteiger charge is 2.43. The molecule has 2 fully saturated rings. The van der Waals surface area contributed by atoms with Gasteiger partial charge in [0.25, 0.3) is 0 Å². The van der Waals surface area contributed by atoms with Crippen molar-refractivity contribution in [3.8, 4) is 0 Å². The van der Waals surface area contributed by atoms with E-state index in [1.807, 2.05) is 19.1 Å². The van der Waals surface area contributed by atoms with Crippen LogP contribution in [0.3, 0.4) is 0 Å². The minimum absolute atomic E-state index is 0.198. The molecule has 6 heteroatoms. The Morgan fingerprint density at radius 2 is 2.07 bits per heavy atom. The number of aromatic nitrogens is 2. The maximum Gasteiger partial charge on any atom is 0.148 e. The van der Waals surface area contributed by atoms with Crippen molar-refractivity contribution in [1.29, 1.82) is 0 Å². The van der Waals surface area contributed by atoms with E-state index in [4.69, 9.17) is 9.47 Å². The molecule has 2 aliphatic heterocycles. The van der Waals surface area contributed by atoms with Crippen LogP contribution in [0.2, 0.25) is 0 Å². The fourth-order valence-electron chi connectivity index (χ4n) is 3.98. The number of nitrogens with one attached hydrogen (secondary N) is 1. The Hall–Kier alpha value is -2.02. The molecule has 1 aromatic carbocycles. The summed E-state index contributed by atoms with van der Waals surface area (Å²) in [5.41, 5.74) is 2.07. The normalized spacial score (nSPS) is 26.2. The van der Waals surface area contributed by atoms with Gasteiger partial charge in [0.1, 0.15) is 11.4 Å². The second-order valence-electron chi connectivity index (χ2n) is 7.75. The standard InChI is InChI=1S/C21H28N4O2/c1-17-7-8-20(24-23-17)22-12-19-11-21(27-14-19)15-25(9-10-26-16-21)13-18-5-3-2-4-6-18/h2-8,19H,9-16H2,1H3,(H,22,24)/t19-,21+/m1/s1. The zero-order valence-electron chi connectivity index (χ0n) is 15.9. The molecule has 2 saturated heterocycles. The number of rotatable bonds is 5. The van der Waals surface area contributed by atoms with Crippen molar-refractivity contribution in [2.45, 2.75) is 25.5 Å². The van der Waals surface area contributed by atoms with E-state index in [-0.39, 0.29) is 5.60 Å². The average Bonchev–Trinajstić information content (AvgIpc) is 2.97. The molecule has 3 heterocycles. The van der Waals surface area contributed by atoms with Crippen molar-refractivity contribution in [3.05, 3.63) is 53.7 Å². The lowest BCUT2D eigenvalue weighted by Gasteiger charge is -2.31. The molecule has 27 heavy (non-hydrogen) atoms. The SMILES string of the molecule is Cc1ccc(NC[C@@H]2CO[C@@]3(COCCN(Cc4ccccc4)C3)C2)nn1. The number of hydrogen-bond donors (Lipinski definition) is 1. The molecule has 1 N–H and O–H groups in total. The fourth-order valence-corrected chi connectivity index (χ4v) is 3.98. The van der Waals surface area contributed by atoms with E-state index < -0.39 is 0 Å². The van der Waals surface area contributed by atoms with E-state index in [0.29, 0.717) is 12.5 Å². The van der Waals surface area contributed by atoms with Gasteiger partial charge in [0.05, 0.1) is 25.5 Å². The maximum atomic E-state index is 6.31. The van der Waals surface area contributed by atoms with Crippen LogP contribution in [-0.4, -0.2) is 60.2 Å². The summed E-state index contributed by atoms with van der Waals surface area (Å²) in [5, 5.41) is 11.7. The summed E-state index contributed by atoms with van der Waals surface area (Å²) in [6.45, 7) is 7.80. The van der Waals surface area contributed by atoms with Crippen LogP contribution in [0.4, 0.5) is 5.82 Å². The Kier molecular flexibility index (Phi) is 5.66. The van der Waals surface area contributed by atoms with Gasteiger partial charge in [0.15, 0.2) is 0 Å². The monoisotopic (exact) mass is 368 g/mol. The van der Waals surface area contributed by atoms with Gasteiger partial charge in [-0.15, -0.1) is 5.10 Å². The number of aryl methyl sites for hydroxylation is 1. The third-order valence-corrected chi connectivity index (χ3v) is 5.33. The molecule has 144 valence electrons. The zero-order chi connectivity index (χ0) is 18.5. The number of hydrogen-bond acceptors (Lipinski definition) is 6. The van der Waals surface area contributed by atoms with Crippen LogP contribution in [0, 0.1) is 12.8 Å². The summed E-state index contributed by atoms with van der Waals surface area (Å²) in [4.78, 5) is 2.46. The molecular formula is C21H28N4O2. The van der Waals surface area contributed by atoms with Gasteiger partial charge in [-0.05, 0) is 31.0 Å². The van der Waals surface area contributed by atoms with Gasteiger partial charge in [0.2, 0.25) is 0 Å². The Labute approximate surface area is 160 Å². The smallest absolute Gasteiger partial charge is 0.148 e. The number of ether oxygens (including phenoxy) is 2. The quantitative estimate of drug-likeness (QED) is 0.875. The molecule has 6 nitrogen and oxygen atoms in total. The highest BCUT2D eigenvalue weighted by Crippen LogP contribution is 2.33. The summed E-state index contributed by atoms with van der Waals surface area (Å²) in [7, 11) is 0. The molecule has 1 spiro atoms. The first-order valence-corrected chi connectivity index (χ1v) is 9.73. The van der Waals surface area contributed by atoms with Gasteiger partial charge >= 0.3 is 0 Å². The molecule has 0 unspecified atom stereocenters. The first-order chi connectivity index (χ1) is 13.2. The van der Waals surface area contributed by atoms with Gasteiger partial charge < -0.3 is 14.8 Å². The van der Waals surface area contributed by atoms with E-state index >= 15 is 0 Å². The van der Waals surface area contributed by atoms with Crippen molar-refractivity contribution in [3.63, 3.8) is 0 Å².